The van der Waals surface area contributed by atoms with Gasteiger partial charge in [0, 0.05) is 0 Å². The van der Waals surface area contributed by atoms with Crippen LogP contribution in [0, 0.1) is 0 Å². The number of carbonyl (C=O) groups is 1. The first-order chi connectivity index (χ1) is 10.5. The molecule has 118 valence electrons. The third-order valence-electron chi connectivity index (χ3n) is 3.12. The standard InChI is InChI=1S/C15H16Cl2N2O3/c1-9(10-4-2-5-11(16)14(10)17)19-15(21)18-8-12(20)13-6-3-7-22-13/h2-7,9,12,20H,8H2,1H3,(H2,18,19,21). The van der Waals surface area contributed by atoms with Crippen LogP contribution in [0.15, 0.2) is 41.0 Å². The average Bonchev–Trinajstić information content (AvgIpc) is 3.01. The maximum atomic E-state index is 11.9. The highest BCUT2D eigenvalue weighted by Crippen LogP contribution is 2.29. The largest absolute Gasteiger partial charge is 0.467 e. The Balaban J connectivity index is 1.87. The molecule has 2 rings (SSSR count). The smallest absolute Gasteiger partial charge is 0.315 e. The molecule has 0 fully saturated rings. The van der Waals surface area contributed by atoms with Gasteiger partial charge in [-0.05, 0) is 30.7 Å². The van der Waals surface area contributed by atoms with Crippen LogP contribution in [0.2, 0.25) is 10.0 Å². The summed E-state index contributed by atoms with van der Waals surface area (Å²) in [6.45, 7) is 1.83. The van der Waals surface area contributed by atoms with Crippen LogP contribution in [0.1, 0.15) is 30.4 Å². The summed E-state index contributed by atoms with van der Waals surface area (Å²) in [6.07, 6.45) is 0.563. The van der Waals surface area contributed by atoms with Crippen molar-refractivity contribution in [1.82, 2.24) is 10.6 Å². The number of amides is 2. The number of rotatable bonds is 5. The number of urea groups is 1. The monoisotopic (exact) mass is 342 g/mol. The molecule has 2 atom stereocenters. The van der Waals surface area contributed by atoms with Crippen molar-refractivity contribution >= 4 is 29.2 Å². The van der Waals surface area contributed by atoms with E-state index in [1.807, 2.05) is 0 Å². The molecule has 0 saturated heterocycles. The number of nitrogens with one attached hydrogen (secondary N) is 2. The predicted molar refractivity (Wildman–Crippen MR) is 85.1 cm³/mol. The van der Waals surface area contributed by atoms with Gasteiger partial charge in [-0.15, -0.1) is 0 Å². The Hall–Kier alpha value is -1.69. The highest BCUT2D eigenvalue weighted by molar-refractivity contribution is 6.42. The molecule has 7 heteroatoms. The van der Waals surface area contributed by atoms with Crippen molar-refractivity contribution in [3.8, 4) is 0 Å². The third kappa shape index (κ3) is 4.16. The summed E-state index contributed by atoms with van der Waals surface area (Å²) in [5.74, 6) is 0.395. The molecule has 0 spiro atoms. The SMILES string of the molecule is CC(NC(=O)NCC(O)c1ccco1)c1cccc(Cl)c1Cl. The molecular formula is C15H16Cl2N2O3. The fraction of sp³-hybridized carbons (Fsp3) is 0.267. The second kappa shape index (κ2) is 7.54. The second-order valence-corrected chi connectivity index (χ2v) is 5.54. The maximum absolute atomic E-state index is 11.9. The molecule has 1 aromatic carbocycles. The molecule has 1 heterocycles. The van der Waals surface area contributed by atoms with Crippen LogP contribution in [0.25, 0.3) is 0 Å². The van der Waals surface area contributed by atoms with Crippen molar-refractivity contribution in [2.24, 2.45) is 0 Å². The quantitative estimate of drug-likeness (QED) is 0.775. The zero-order valence-corrected chi connectivity index (χ0v) is 13.4. The minimum absolute atomic E-state index is 0.0370. The lowest BCUT2D eigenvalue weighted by atomic mass is 10.1. The molecule has 2 unspecified atom stereocenters. The predicted octanol–water partition coefficient (Wildman–Crippen LogP) is 3.68. The van der Waals surface area contributed by atoms with Gasteiger partial charge in [-0.3, -0.25) is 0 Å². The molecule has 2 aromatic rings. The summed E-state index contributed by atoms with van der Waals surface area (Å²) in [5, 5.41) is 16.0. The minimum atomic E-state index is -0.897. The van der Waals surface area contributed by atoms with Crippen molar-refractivity contribution in [2.75, 3.05) is 6.54 Å². The van der Waals surface area contributed by atoms with E-state index in [1.165, 1.54) is 6.26 Å². The summed E-state index contributed by atoms with van der Waals surface area (Å²) in [7, 11) is 0. The topological polar surface area (TPSA) is 74.5 Å². The van der Waals surface area contributed by atoms with Gasteiger partial charge in [0.05, 0.1) is 28.9 Å². The molecule has 0 radical (unpaired) electrons. The lowest BCUT2D eigenvalue weighted by molar-refractivity contribution is 0.147. The number of furan rings is 1. The Morgan fingerprint density at radius 3 is 2.77 bits per heavy atom. The Morgan fingerprint density at radius 1 is 1.32 bits per heavy atom. The molecule has 22 heavy (non-hydrogen) atoms. The van der Waals surface area contributed by atoms with E-state index in [1.54, 1.807) is 37.3 Å². The minimum Gasteiger partial charge on any atom is -0.467 e. The number of halogens is 2. The molecule has 2 amide bonds. The van der Waals surface area contributed by atoms with Crippen molar-refractivity contribution in [3.63, 3.8) is 0 Å². The number of hydrogen-bond donors (Lipinski definition) is 3. The molecule has 1 aromatic heterocycles. The van der Waals surface area contributed by atoms with E-state index in [4.69, 9.17) is 27.6 Å². The summed E-state index contributed by atoms with van der Waals surface area (Å²) >= 11 is 12.1. The van der Waals surface area contributed by atoms with E-state index in [2.05, 4.69) is 10.6 Å². The van der Waals surface area contributed by atoms with Crippen molar-refractivity contribution < 1.29 is 14.3 Å². The van der Waals surface area contributed by atoms with Crippen LogP contribution in [0.3, 0.4) is 0 Å². The van der Waals surface area contributed by atoms with E-state index < -0.39 is 12.1 Å². The third-order valence-corrected chi connectivity index (χ3v) is 3.96. The van der Waals surface area contributed by atoms with Gasteiger partial charge in [-0.2, -0.15) is 0 Å². The molecule has 3 N–H and O–H groups in total. The summed E-state index contributed by atoms with van der Waals surface area (Å²) in [6, 6.07) is 7.79. The van der Waals surface area contributed by atoms with Gasteiger partial charge in [-0.1, -0.05) is 35.3 Å². The summed E-state index contributed by atoms with van der Waals surface area (Å²) in [4.78, 5) is 11.9. The summed E-state index contributed by atoms with van der Waals surface area (Å²) < 4.78 is 5.05. The first-order valence-corrected chi connectivity index (χ1v) is 7.44. The van der Waals surface area contributed by atoms with Crippen molar-refractivity contribution in [1.29, 1.82) is 0 Å². The first kappa shape index (κ1) is 16.7. The fourth-order valence-corrected chi connectivity index (χ4v) is 2.42. The van der Waals surface area contributed by atoms with Crippen LogP contribution in [0.5, 0.6) is 0 Å². The average molecular weight is 343 g/mol. The maximum Gasteiger partial charge on any atom is 0.315 e. The van der Waals surface area contributed by atoms with E-state index in [-0.39, 0.29) is 12.6 Å². The Labute approximate surface area is 138 Å². The van der Waals surface area contributed by atoms with Crippen LogP contribution in [-0.4, -0.2) is 17.7 Å². The zero-order chi connectivity index (χ0) is 16.1. The summed E-state index contributed by atoms with van der Waals surface area (Å²) in [5.41, 5.74) is 0.718. The number of benzene rings is 1. The molecular weight excluding hydrogens is 327 g/mol. The van der Waals surface area contributed by atoms with Gasteiger partial charge in [0.2, 0.25) is 0 Å². The molecule has 0 bridgehead atoms. The zero-order valence-electron chi connectivity index (χ0n) is 11.8. The van der Waals surface area contributed by atoms with Gasteiger partial charge in [0.25, 0.3) is 0 Å². The van der Waals surface area contributed by atoms with Gasteiger partial charge >= 0.3 is 6.03 Å². The fourth-order valence-electron chi connectivity index (χ4n) is 1.95. The first-order valence-electron chi connectivity index (χ1n) is 6.68. The van der Waals surface area contributed by atoms with Crippen molar-refractivity contribution in [2.45, 2.75) is 19.1 Å². The van der Waals surface area contributed by atoms with Gasteiger partial charge in [0.15, 0.2) is 0 Å². The molecule has 5 nitrogen and oxygen atoms in total. The Bertz CT molecular complexity index is 632. The molecule has 0 aliphatic rings. The normalized spacial score (nSPS) is 13.5. The van der Waals surface area contributed by atoms with Crippen LogP contribution >= 0.6 is 23.2 Å². The van der Waals surface area contributed by atoms with Crippen LogP contribution in [-0.2, 0) is 0 Å². The van der Waals surface area contributed by atoms with E-state index in [9.17, 15) is 9.90 Å². The number of aliphatic hydroxyl groups excluding tert-OH is 1. The van der Waals surface area contributed by atoms with E-state index in [0.717, 1.165) is 5.56 Å². The van der Waals surface area contributed by atoms with Crippen molar-refractivity contribution in [3.05, 3.63) is 58.0 Å². The lowest BCUT2D eigenvalue weighted by Gasteiger charge is -2.17. The molecule has 0 saturated carbocycles. The number of carbonyl (C=O) groups excluding carboxylic acids is 1. The van der Waals surface area contributed by atoms with Gasteiger partial charge in [-0.25, -0.2) is 4.79 Å². The molecule has 0 aliphatic carbocycles. The Morgan fingerprint density at radius 2 is 2.09 bits per heavy atom. The van der Waals surface area contributed by atoms with Gasteiger partial charge in [0.1, 0.15) is 11.9 Å². The van der Waals surface area contributed by atoms with Crippen LogP contribution in [0.4, 0.5) is 4.79 Å². The lowest BCUT2D eigenvalue weighted by Crippen LogP contribution is -2.39. The van der Waals surface area contributed by atoms with E-state index in [0.29, 0.717) is 15.8 Å². The molecule has 0 aliphatic heterocycles. The van der Waals surface area contributed by atoms with Gasteiger partial charge < -0.3 is 20.2 Å². The van der Waals surface area contributed by atoms with Crippen LogP contribution < -0.4 is 10.6 Å². The second-order valence-electron chi connectivity index (χ2n) is 4.75. The Kier molecular flexibility index (Phi) is 5.71. The highest BCUT2D eigenvalue weighted by Gasteiger charge is 2.16. The number of hydrogen-bond acceptors (Lipinski definition) is 3. The highest BCUT2D eigenvalue weighted by atomic mass is 35.5. The van der Waals surface area contributed by atoms with E-state index >= 15 is 0 Å². The number of aliphatic hydroxyl groups is 1.